The lowest BCUT2D eigenvalue weighted by Crippen LogP contribution is -2.28. The van der Waals surface area contributed by atoms with Crippen LogP contribution in [-0.2, 0) is 0 Å². The van der Waals surface area contributed by atoms with E-state index in [0.717, 1.165) is 23.7 Å². The molecule has 0 unspecified atom stereocenters. The normalized spacial score (nSPS) is 18.1. The zero-order valence-corrected chi connectivity index (χ0v) is 13.0. The molecule has 1 aliphatic rings. The molecule has 3 heteroatoms. The number of hydrogen-bond donors (Lipinski definition) is 1. The number of hydrogen-bond acceptors (Lipinski definition) is 2. The van der Waals surface area contributed by atoms with Crippen LogP contribution in [0.1, 0.15) is 56.2 Å². The van der Waals surface area contributed by atoms with Crippen molar-refractivity contribution in [2.45, 2.75) is 52.0 Å². The molecule has 1 aromatic carbocycles. The van der Waals surface area contributed by atoms with Crippen LogP contribution in [0.5, 0.6) is 0 Å². The lowest BCUT2D eigenvalue weighted by atomic mass is 9.88. The molecular formula is C17H27FN2. The van der Waals surface area contributed by atoms with Gasteiger partial charge in [0.15, 0.2) is 0 Å². The Morgan fingerprint density at radius 2 is 1.95 bits per heavy atom. The van der Waals surface area contributed by atoms with Crippen LogP contribution in [0.25, 0.3) is 0 Å². The third kappa shape index (κ3) is 3.51. The van der Waals surface area contributed by atoms with Gasteiger partial charge in [-0.3, -0.25) is 0 Å². The second-order valence-corrected chi connectivity index (χ2v) is 6.33. The van der Waals surface area contributed by atoms with Gasteiger partial charge in [0.2, 0.25) is 0 Å². The van der Waals surface area contributed by atoms with Crippen LogP contribution >= 0.6 is 0 Å². The molecule has 0 bridgehead atoms. The molecule has 0 spiro atoms. The van der Waals surface area contributed by atoms with Gasteiger partial charge in [0.1, 0.15) is 5.82 Å². The van der Waals surface area contributed by atoms with Gasteiger partial charge in [-0.1, -0.05) is 19.3 Å². The highest BCUT2D eigenvalue weighted by Crippen LogP contribution is 2.30. The van der Waals surface area contributed by atoms with E-state index in [0.29, 0.717) is 5.56 Å². The van der Waals surface area contributed by atoms with Crippen molar-refractivity contribution in [1.29, 1.82) is 0 Å². The molecule has 1 aromatic rings. The van der Waals surface area contributed by atoms with E-state index in [1.54, 1.807) is 6.07 Å². The monoisotopic (exact) mass is 278 g/mol. The molecule has 0 radical (unpaired) electrons. The maximum atomic E-state index is 13.8. The standard InChI is InChI=1S/C17H27FN2/c1-12-9-17(15(13(2)19)10-16(12)18)20(3)11-14-7-5-4-6-8-14/h9-10,13-14H,4-8,11,19H2,1-3H3/t13-/m0/s1. The predicted molar refractivity (Wildman–Crippen MR) is 83.6 cm³/mol. The molecule has 0 aromatic heterocycles. The molecule has 112 valence electrons. The Hall–Kier alpha value is -1.09. The number of anilines is 1. The number of benzene rings is 1. The summed E-state index contributed by atoms with van der Waals surface area (Å²) in [6.07, 6.45) is 6.71. The minimum atomic E-state index is -0.160. The van der Waals surface area contributed by atoms with Crippen molar-refractivity contribution in [3.63, 3.8) is 0 Å². The van der Waals surface area contributed by atoms with Crippen LogP contribution in [0.4, 0.5) is 10.1 Å². The number of aryl methyl sites for hydroxylation is 1. The predicted octanol–water partition coefficient (Wildman–Crippen LogP) is 4.17. The summed E-state index contributed by atoms with van der Waals surface area (Å²) in [4.78, 5) is 2.26. The van der Waals surface area contributed by atoms with Gasteiger partial charge in [-0.2, -0.15) is 0 Å². The number of nitrogens with two attached hydrogens (primary N) is 1. The second-order valence-electron chi connectivity index (χ2n) is 6.33. The van der Waals surface area contributed by atoms with Crippen molar-refractivity contribution in [2.75, 3.05) is 18.5 Å². The highest BCUT2D eigenvalue weighted by atomic mass is 19.1. The molecule has 2 rings (SSSR count). The van der Waals surface area contributed by atoms with E-state index < -0.39 is 0 Å². The van der Waals surface area contributed by atoms with Crippen molar-refractivity contribution in [3.05, 3.63) is 29.1 Å². The highest BCUT2D eigenvalue weighted by Gasteiger charge is 2.19. The molecule has 0 amide bonds. The molecule has 0 heterocycles. The highest BCUT2D eigenvalue weighted by molar-refractivity contribution is 5.56. The number of rotatable bonds is 4. The minimum Gasteiger partial charge on any atom is -0.374 e. The average Bonchev–Trinajstić information content (AvgIpc) is 2.42. The quantitative estimate of drug-likeness (QED) is 0.895. The summed E-state index contributed by atoms with van der Waals surface area (Å²) in [7, 11) is 2.10. The molecule has 1 aliphatic carbocycles. The summed E-state index contributed by atoms with van der Waals surface area (Å²) in [6, 6.07) is 3.40. The molecule has 1 saturated carbocycles. The Morgan fingerprint density at radius 1 is 1.30 bits per heavy atom. The fourth-order valence-electron chi connectivity index (χ4n) is 3.23. The van der Waals surface area contributed by atoms with Gasteiger partial charge in [0, 0.05) is 25.3 Å². The topological polar surface area (TPSA) is 29.3 Å². The van der Waals surface area contributed by atoms with Crippen LogP contribution in [0.3, 0.4) is 0 Å². The third-order valence-electron chi connectivity index (χ3n) is 4.47. The fraction of sp³-hybridized carbons (Fsp3) is 0.647. The zero-order chi connectivity index (χ0) is 14.7. The largest absolute Gasteiger partial charge is 0.374 e. The summed E-state index contributed by atoms with van der Waals surface area (Å²) in [5.74, 6) is 0.604. The van der Waals surface area contributed by atoms with Crippen molar-refractivity contribution < 1.29 is 4.39 Å². The maximum Gasteiger partial charge on any atom is 0.126 e. The van der Waals surface area contributed by atoms with Gasteiger partial charge in [-0.05, 0) is 55.9 Å². The SMILES string of the molecule is Cc1cc(N(C)CC2CCCCC2)c([C@H](C)N)cc1F. The lowest BCUT2D eigenvalue weighted by Gasteiger charge is -2.30. The molecule has 0 aliphatic heterocycles. The first kappa shape index (κ1) is 15.3. The average molecular weight is 278 g/mol. The van der Waals surface area contributed by atoms with Crippen LogP contribution in [0, 0.1) is 18.7 Å². The Balaban J connectivity index is 2.19. The van der Waals surface area contributed by atoms with Crippen molar-refractivity contribution in [1.82, 2.24) is 0 Å². The molecule has 1 atom stereocenters. The zero-order valence-electron chi connectivity index (χ0n) is 13.0. The van der Waals surface area contributed by atoms with Gasteiger partial charge in [0.05, 0.1) is 0 Å². The summed E-state index contributed by atoms with van der Waals surface area (Å²) >= 11 is 0. The Kier molecular flexibility index (Phi) is 5.03. The molecule has 2 nitrogen and oxygen atoms in total. The van der Waals surface area contributed by atoms with E-state index >= 15 is 0 Å². The maximum absolute atomic E-state index is 13.8. The molecule has 0 saturated heterocycles. The first-order chi connectivity index (χ1) is 9.49. The fourth-order valence-corrected chi connectivity index (χ4v) is 3.23. The Labute approximate surface area is 122 Å². The van der Waals surface area contributed by atoms with Crippen molar-refractivity contribution in [2.24, 2.45) is 11.7 Å². The van der Waals surface area contributed by atoms with Gasteiger partial charge in [-0.25, -0.2) is 4.39 Å². The van der Waals surface area contributed by atoms with Crippen LogP contribution in [-0.4, -0.2) is 13.6 Å². The smallest absolute Gasteiger partial charge is 0.126 e. The molecular weight excluding hydrogens is 251 g/mol. The molecule has 2 N–H and O–H groups in total. The molecule has 1 fully saturated rings. The summed E-state index contributed by atoms with van der Waals surface area (Å²) < 4.78 is 13.8. The van der Waals surface area contributed by atoms with E-state index in [4.69, 9.17) is 5.73 Å². The van der Waals surface area contributed by atoms with Gasteiger partial charge < -0.3 is 10.6 Å². The van der Waals surface area contributed by atoms with E-state index in [2.05, 4.69) is 11.9 Å². The molecule has 20 heavy (non-hydrogen) atoms. The van der Waals surface area contributed by atoms with Crippen LogP contribution in [0.15, 0.2) is 12.1 Å². The number of halogens is 1. The van der Waals surface area contributed by atoms with Crippen molar-refractivity contribution in [3.8, 4) is 0 Å². The van der Waals surface area contributed by atoms with Gasteiger partial charge in [0.25, 0.3) is 0 Å². The number of nitrogens with zero attached hydrogens (tertiary/aromatic N) is 1. The third-order valence-corrected chi connectivity index (χ3v) is 4.47. The van der Waals surface area contributed by atoms with E-state index in [1.807, 2.05) is 19.9 Å². The Morgan fingerprint density at radius 3 is 2.55 bits per heavy atom. The van der Waals surface area contributed by atoms with Crippen molar-refractivity contribution >= 4 is 5.69 Å². The van der Waals surface area contributed by atoms with Gasteiger partial charge >= 0.3 is 0 Å². The summed E-state index contributed by atoms with van der Waals surface area (Å²) in [5, 5.41) is 0. The first-order valence-electron chi connectivity index (χ1n) is 7.75. The summed E-state index contributed by atoms with van der Waals surface area (Å²) in [6.45, 7) is 4.78. The lowest BCUT2D eigenvalue weighted by molar-refractivity contribution is 0.362. The van der Waals surface area contributed by atoms with Crippen LogP contribution in [0.2, 0.25) is 0 Å². The first-order valence-corrected chi connectivity index (χ1v) is 7.75. The van der Waals surface area contributed by atoms with Gasteiger partial charge in [-0.15, -0.1) is 0 Å². The van der Waals surface area contributed by atoms with Crippen LogP contribution < -0.4 is 10.6 Å². The van der Waals surface area contributed by atoms with E-state index in [-0.39, 0.29) is 11.9 Å². The summed E-state index contributed by atoms with van der Waals surface area (Å²) in [5.41, 5.74) is 8.70. The second kappa shape index (κ2) is 6.57. The minimum absolute atomic E-state index is 0.145. The Bertz CT molecular complexity index is 451. The van der Waals surface area contributed by atoms with E-state index in [9.17, 15) is 4.39 Å². The van der Waals surface area contributed by atoms with E-state index in [1.165, 1.54) is 32.1 Å².